The SMILES string of the molecule is CNC(=O)[C@@H](C)N(Cc1ccc(Br)cc1)C(=O)CN(c1ccc(C(C)C)cc1)S(=O)(=O)c1ccccc1. The molecule has 0 radical (unpaired) electrons. The van der Waals surface area contributed by atoms with Gasteiger partial charge in [-0.2, -0.15) is 0 Å². The summed E-state index contributed by atoms with van der Waals surface area (Å²) in [6.45, 7) is 5.42. The number of likely N-dealkylation sites (N-methyl/N-ethyl adjacent to an activating group) is 1. The van der Waals surface area contributed by atoms with Crippen LogP contribution in [0.3, 0.4) is 0 Å². The summed E-state index contributed by atoms with van der Waals surface area (Å²) in [6, 6.07) is 21.8. The van der Waals surface area contributed by atoms with Crippen LogP contribution in [-0.2, 0) is 26.2 Å². The highest BCUT2D eigenvalue weighted by molar-refractivity contribution is 9.10. The maximum Gasteiger partial charge on any atom is 0.264 e. The monoisotopic (exact) mass is 585 g/mol. The molecule has 0 heterocycles. The smallest absolute Gasteiger partial charge is 0.264 e. The van der Waals surface area contributed by atoms with Crippen molar-refractivity contribution >= 4 is 43.5 Å². The number of anilines is 1. The second-order valence-corrected chi connectivity index (χ2v) is 11.8. The van der Waals surface area contributed by atoms with Crippen LogP contribution in [0.25, 0.3) is 0 Å². The molecule has 3 rings (SSSR count). The predicted octanol–water partition coefficient (Wildman–Crippen LogP) is 4.93. The first-order valence-electron chi connectivity index (χ1n) is 12.0. The average Bonchev–Trinajstić information content (AvgIpc) is 2.90. The molecule has 0 spiro atoms. The van der Waals surface area contributed by atoms with Crippen LogP contribution < -0.4 is 9.62 Å². The van der Waals surface area contributed by atoms with E-state index >= 15 is 0 Å². The zero-order valence-corrected chi connectivity index (χ0v) is 23.8. The molecule has 0 saturated heterocycles. The van der Waals surface area contributed by atoms with Crippen LogP contribution in [0.1, 0.15) is 37.8 Å². The molecule has 7 nitrogen and oxygen atoms in total. The van der Waals surface area contributed by atoms with Gasteiger partial charge in [0.1, 0.15) is 12.6 Å². The van der Waals surface area contributed by atoms with Crippen LogP contribution in [0.5, 0.6) is 0 Å². The normalized spacial score (nSPS) is 12.2. The maximum atomic E-state index is 13.7. The maximum absolute atomic E-state index is 13.7. The second kappa shape index (κ2) is 12.4. The number of carbonyl (C=O) groups is 2. The van der Waals surface area contributed by atoms with E-state index < -0.39 is 28.5 Å². The Balaban J connectivity index is 2.02. The van der Waals surface area contributed by atoms with Crippen molar-refractivity contribution in [3.63, 3.8) is 0 Å². The van der Waals surface area contributed by atoms with Gasteiger partial charge in [0.05, 0.1) is 10.6 Å². The van der Waals surface area contributed by atoms with Gasteiger partial charge in [-0.15, -0.1) is 0 Å². The van der Waals surface area contributed by atoms with E-state index in [4.69, 9.17) is 0 Å². The molecule has 0 aliphatic carbocycles. The molecule has 3 aromatic rings. The average molecular weight is 587 g/mol. The van der Waals surface area contributed by atoms with Gasteiger partial charge in [-0.3, -0.25) is 13.9 Å². The highest BCUT2D eigenvalue weighted by atomic mass is 79.9. The third-order valence-corrected chi connectivity index (χ3v) is 8.45. The van der Waals surface area contributed by atoms with Crippen molar-refractivity contribution in [2.75, 3.05) is 17.9 Å². The van der Waals surface area contributed by atoms with Crippen LogP contribution in [-0.4, -0.2) is 44.8 Å². The fourth-order valence-electron chi connectivity index (χ4n) is 3.85. The standard InChI is InChI=1S/C28H32BrN3O4S/c1-20(2)23-12-16-25(17-13-23)32(37(35,36)26-8-6-5-7-9-26)19-27(33)31(21(3)28(34)30-4)18-22-10-14-24(29)15-11-22/h5-17,20-21H,18-19H2,1-4H3,(H,30,34)/t21-/m1/s1. The third-order valence-electron chi connectivity index (χ3n) is 6.14. The molecule has 2 amide bonds. The van der Waals surface area contributed by atoms with Gasteiger partial charge < -0.3 is 10.2 Å². The summed E-state index contributed by atoms with van der Waals surface area (Å²) in [6.07, 6.45) is 0. The van der Waals surface area contributed by atoms with Crippen LogP contribution in [0, 0.1) is 0 Å². The lowest BCUT2D eigenvalue weighted by Gasteiger charge is -2.32. The van der Waals surface area contributed by atoms with Gasteiger partial charge in [0.15, 0.2) is 0 Å². The number of benzene rings is 3. The van der Waals surface area contributed by atoms with Crippen molar-refractivity contribution in [2.45, 2.75) is 44.2 Å². The van der Waals surface area contributed by atoms with E-state index in [9.17, 15) is 18.0 Å². The molecule has 1 N–H and O–H groups in total. The van der Waals surface area contributed by atoms with E-state index in [1.54, 1.807) is 37.3 Å². The fraction of sp³-hybridized carbons (Fsp3) is 0.286. The number of nitrogens with one attached hydrogen (secondary N) is 1. The molecule has 0 bridgehead atoms. The lowest BCUT2D eigenvalue weighted by Crippen LogP contribution is -2.50. The number of amides is 2. The first kappa shape index (κ1) is 28.4. The third kappa shape index (κ3) is 6.99. The minimum absolute atomic E-state index is 0.0783. The first-order chi connectivity index (χ1) is 17.5. The van der Waals surface area contributed by atoms with Crippen molar-refractivity contribution in [1.29, 1.82) is 0 Å². The number of sulfonamides is 1. The minimum atomic E-state index is -4.07. The Morgan fingerprint density at radius 1 is 0.892 bits per heavy atom. The summed E-state index contributed by atoms with van der Waals surface area (Å²) < 4.78 is 29.5. The van der Waals surface area contributed by atoms with Gasteiger partial charge in [-0.25, -0.2) is 8.42 Å². The highest BCUT2D eigenvalue weighted by Crippen LogP contribution is 2.26. The molecule has 0 unspecified atom stereocenters. The topological polar surface area (TPSA) is 86.8 Å². The number of hydrogen-bond acceptors (Lipinski definition) is 4. The first-order valence-corrected chi connectivity index (χ1v) is 14.2. The Morgan fingerprint density at radius 2 is 1.49 bits per heavy atom. The summed E-state index contributed by atoms with van der Waals surface area (Å²) >= 11 is 3.40. The van der Waals surface area contributed by atoms with E-state index in [1.807, 2.05) is 36.4 Å². The van der Waals surface area contributed by atoms with Crippen molar-refractivity contribution in [2.24, 2.45) is 0 Å². The van der Waals surface area contributed by atoms with Crippen LogP contribution in [0.15, 0.2) is 88.2 Å². The quantitative estimate of drug-likeness (QED) is 0.365. The van der Waals surface area contributed by atoms with Crippen molar-refractivity contribution < 1.29 is 18.0 Å². The van der Waals surface area contributed by atoms with Gasteiger partial charge in [-0.05, 0) is 60.4 Å². The zero-order chi connectivity index (χ0) is 27.2. The summed E-state index contributed by atoms with van der Waals surface area (Å²) in [5.41, 5.74) is 2.24. The molecular weight excluding hydrogens is 554 g/mol. The Labute approximate surface area is 227 Å². The fourth-order valence-corrected chi connectivity index (χ4v) is 5.55. The predicted molar refractivity (Wildman–Crippen MR) is 150 cm³/mol. The lowest BCUT2D eigenvalue weighted by atomic mass is 10.0. The molecule has 1 atom stereocenters. The number of nitrogens with zero attached hydrogens (tertiary/aromatic N) is 2. The van der Waals surface area contributed by atoms with Crippen molar-refractivity contribution in [3.8, 4) is 0 Å². The highest BCUT2D eigenvalue weighted by Gasteiger charge is 2.32. The van der Waals surface area contributed by atoms with E-state index in [-0.39, 0.29) is 23.3 Å². The van der Waals surface area contributed by atoms with E-state index in [2.05, 4.69) is 35.1 Å². The van der Waals surface area contributed by atoms with E-state index in [0.29, 0.717) is 5.69 Å². The molecule has 9 heteroatoms. The molecule has 3 aromatic carbocycles. The lowest BCUT2D eigenvalue weighted by molar-refractivity contribution is -0.139. The second-order valence-electron chi connectivity index (χ2n) is 9.01. The molecule has 196 valence electrons. The zero-order valence-electron chi connectivity index (χ0n) is 21.4. The van der Waals surface area contributed by atoms with E-state index in [1.165, 1.54) is 24.1 Å². The van der Waals surface area contributed by atoms with Gasteiger partial charge in [0, 0.05) is 18.1 Å². The number of rotatable bonds is 10. The number of hydrogen-bond donors (Lipinski definition) is 1. The number of carbonyl (C=O) groups excluding carboxylic acids is 2. The van der Waals surface area contributed by atoms with Crippen LogP contribution in [0.4, 0.5) is 5.69 Å². The van der Waals surface area contributed by atoms with Gasteiger partial charge in [0.25, 0.3) is 10.0 Å². The van der Waals surface area contributed by atoms with Gasteiger partial charge in [-0.1, -0.05) is 72.2 Å². The Hall–Kier alpha value is -3.17. The minimum Gasteiger partial charge on any atom is -0.357 e. The summed E-state index contributed by atoms with van der Waals surface area (Å²) in [7, 11) is -2.56. The van der Waals surface area contributed by atoms with Gasteiger partial charge >= 0.3 is 0 Å². The van der Waals surface area contributed by atoms with Gasteiger partial charge in [0.2, 0.25) is 11.8 Å². The molecule has 37 heavy (non-hydrogen) atoms. The van der Waals surface area contributed by atoms with Crippen LogP contribution in [0.2, 0.25) is 0 Å². The molecule has 0 aliphatic rings. The Bertz CT molecular complexity index is 1310. The van der Waals surface area contributed by atoms with Crippen LogP contribution >= 0.6 is 15.9 Å². The summed E-state index contributed by atoms with van der Waals surface area (Å²) in [5, 5.41) is 2.58. The molecule has 0 aromatic heterocycles. The molecule has 0 saturated carbocycles. The summed E-state index contributed by atoms with van der Waals surface area (Å²) in [4.78, 5) is 27.8. The Morgan fingerprint density at radius 3 is 2.03 bits per heavy atom. The Kier molecular flexibility index (Phi) is 9.50. The largest absolute Gasteiger partial charge is 0.357 e. The molecule has 0 fully saturated rings. The summed E-state index contributed by atoms with van der Waals surface area (Å²) in [5.74, 6) is -0.569. The van der Waals surface area contributed by atoms with Crippen molar-refractivity contribution in [3.05, 3.63) is 94.5 Å². The van der Waals surface area contributed by atoms with Crippen molar-refractivity contribution in [1.82, 2.24) is 10.2 Å². The molecule has 0 aliphatic heterocycles. The van der Waals surface area contributed by atoms with E-state index in [0.717, 1.165) is 19.9 Å². The number of halogens is 1. The molecular formula is C28H32BrN3O4S.